The van der Waals surface area contributed by atoms with Crippen LogP contribution >= 0.6 is 0 Å². The van der Waals surface area contributed by atoms with Crippen LogP contribution in [0.25, 0.3) is 0 Å². The maximum absolute atomic E-state index is 10.9. The third kappa shape index (κ3) is 2.21. The van der Waals surface area contributed by atoms with E-state index >= 15 is 0 Å². The van der Waals surface area contributed by atoms with Crippen molar-refractivity contribution in [2.75, 3.05) is 7.11 Å². The fourth-order valence-corrected chi connectivity index (χ4v) is 1.76. The molecule has 0 saturated heterocycles. The normalized spacial score (nSPS) is 21.8. The van der Waals surface area contributed by atoms with Gasteiger partial charge in [-0.25, -0.2) is 4.79 Å². The Morgan fingerprint density at radius 1 is 1.42 bits per heavy atom. The Bertz CT molecular complexity index is 150. The fourth-order valence-electron chi connectivity index (χ4n) is 1.76. The van der Waals surface area contributed by atoms with Crippen LogP contribution in [0.1, 0.15) is 32.1 Å². The molecule has 12 heavy (non-hydrogen) atoms. The van der Waals surface area contributed by atoms with E-state index in [4.69, 9.17) is 0 Å². The van der Waals surface area contributed by atoms with Crippen LogP contribution in [0.15, 0.2) is 0 Å². The molecule has 3 nitrogen and oxygen atoms in total. The van der Waals surface area contributed by atoms with Gasteiger partial charge in [0.1, 0.15) is 0 Å². The minimum atomic E-state index is -0.893. The number of aliphatic hydroxyl groups excluding tert-OH is 1. The maximum Gasteiger partial charge on any atom is 0.334 e. The summed E-state index contributed by atoms with van der Waals surface area (Å²) < 4.78 is 4.48. The number of aliphatic hydroxyl groups is 1. The van der Waals surface area contributed by atoms with Crippen molar-refractivity contribution in [3.05, 3.63) is 0 Å². The third-order valence-corrected chi connectivity index (χ3v) is 2.54. The molecule has 1 N–H and O–H groups in total. The van der Waals surface area contributed by atoms with E-state index in [1.807, 2.05) is 0 Å². The van der Waals surface area contributed by atoms with Gasteiger partial charge in [-0.1, -0.05) is 19.3 Å². The molecule has 70 valence electrons. The highest BCUT2D eigenvalue weighted by Gasteiger charge is 2.27. The van der Waals surface area contributed by atoms with Crippen LogP contribution in [0, 0.1) is 5.92 Å². The lowest BCUT2D eigenvalue weighted by atomic mass is 9.85. The molecule has 0 spiro atoms. The predicted octanol–water partition coefficient (Wildman–Crippen LogP) is 1.10. The highest BCUT2D eigenvalue weighted by molar-refractivity contribution is 5.74. The summed E-state index contributed by atoms with van der Waals surface area (Å²) in [5.74, 6) is -0.354. The van der Waals surface area contributed by atoms with Crippen LogP contribution < -0.4 is 0 Å². The molecular weight excluding hydrogens is 156 g/mol. The first-order chi connectivity index (χ1) is 5.75. The Balaban J connectivity index is 2.39. The van der Waals surface area contributed by atoms with Crippen LogP contribution in [-0.2, 0) is 9.53 Å². The summed E-state index contributed by atoms with van der Waals surface area (Å²) in [4.78, 5) is 10.9. The van der Waals surface area contributed by atoms with Crippen molar-refractivity contribution < 1.29 is 14.6 Å². The number of carbonyl (C=O) groups excluding carboxylic acids is 1. The lowest BCUT2D eigenvalue weighted by Crippen LogP contribution is -2.31. The average Bonchev–Trinajstić information content (AvgIpc) is 2.17. The molecule has 1 rings (SSSR count). The molecule has 1 fully saturated rings. The monoisotopic (exact) mass is 172 g/mol. The van der Waals surface area contributed by atoms with Gasteiger partial charge < -0.3 is 9.84 Å². The molecule has 0 aromatic rings. The summed E-state index contributed by atoms with van der Waals surface area (Å²) in [6.07, 6.45) is 4.49. The number of ether oxygens (including phenoxy) is 1. The second-order valence-electron chi connectivity index (χ2n) is 3.37. The summed E-state index contributed by atoms with van der Waals surface area (Å²) in [7, 11) is 1.31. The van der Waals surface area contributed by atoms with Crippen LogP contribution in [0.5, 0.6) is 0 Å². The van der Waals surface area contributed by atoms with Crippen LogP contribution in [0.4, 0.5) is 0 Å². The van der Waals surface area contributed by atoms with Crippen molar-refractivity contribution in [3.8, 4) is 0 Å². The molecule has 0 aromatic carbocycles. The Morgan fingerprint density at radius 3 is 2.50 bits per heavy atom. The molecule has 0 amide bonds. The van der Waals surface area contributed by atoms with E-state index in [0.29, 0.717) is 0 Å². The number of carbonyl (C=O) groups is 1. The standard InChI is InChI=1S/C9H16O3/c1-12-9(11)8(10)7-5-3-2-4-6-7/h7-8,10H,2-6H2,1H3/t8-/m1/s1. The molecule has 0 aliphatic heterocycles. The largest absolute Gasteiger partial charge is 0.467 e. The van der Waals surface area contributed by atoms with Crippen molar-refractivity contribution in [3.63, 3.8) is 0 Å². The van der Waals surface area contributed by atoms with E-state index in [-0.39, 0.29) is 5.92 Å². The minimum Gasteiger partial charge on any atom is -0.467 e. The highest BCUT2D eigenvalue weighted by Crippen LogP contribution is 2.26. The van der Waals surface area contributed by atoms with E-state index < -0.39 is 12.1 Å². The number of methoxy groups -OCH3 is 1. The fraction of sp³-hybridized carbons (Fsp3) is 0.889. The molecule has 0 heterocycles. The van der Waals surface area contributed by atoms with E-state index in [1.165, 1.54) is 13.5 Å². The Labute approximate surface area is 72.7 Å². The third-order valence-electron chi connectivity index (χ3n) is 2.54. The van der Waals surface area contributed by atoms with Gasteiger partial charge in [0.2, 0.25) is 0 Å². The van der Waals surface area contributed by atoms with Crippen LogP contribution in [0.2, 0.25) is 0 Å². The van der Waals surface area contributed by atoms with Gasteiger partial charge >= 0.3 is 5.97 Å². The Hall–Kier alpha value is -0.570. The van der Waals surface area contributed by atoms with E-state index in [9.17, 15) is 9.90 Å². The van der Waals surface area contributed by atoms with Crippen molar-refractivity contribution in [2.24, 2.45) is 5.92 Å². The minimum absolute atomic E-state index is 0.131. The molecular formula is C9H16O3. The number of rotatable bonds is 2. The van der Waals surface area contributed by atoms with E-state index in [1.54, 1.807) is 0 Å². The average molecular weight is 172 g/mol. The molecule has 1 atom stereocenters. The molecule has 0 unspecified atom stereocenters. The topological polar surface area (TPSA) is 46.5 Å². The maximum atomic E-state index is 10.9. The summed E-state index contributed by atoms with van der Waals surface area (Å²) in [5.41, 5.74) is 0. The predicted molar refractivity (Wildman–Crippen MR) is 44.6 cm³/mol. The van der Waals surface area contributed by atoms with E-state index in [0.717, 1.165) is 25.7 Å². The molecule has 0 radical (unpaired) electrons. The zero-order valence-electron chi connectivity index (χ0n) is 7.45. The Kier molecular flexibility index (Phi) is 3.53. The summed E-state index contributed by atoms with van der Waals surface area (Å²) in [6, 6.07) is 0. The smallest absolute Gasteiger partial charge is 0.334 e. The summed E-state index contributed by atoms with van der Waals surface area (Å²) in [6.45, 7) is 0. The van der Waals surface area contributed by atoms with Crippen molar-refractivity contribution in [2.45, 2.75) is 38.2 Å². The van der Waals surface area contributed by atoms with Gasteiger partial charge in [-0.15, -0.1) is 0 Å². The van der Waals surface area contributed by atoms with Gasteiger partial charge in [0.15, 0.2) is 6.10 Å². The molecule has 0 aromatic heterocycles. The highest BCUT2D eigenvalue weighted by atomic mass is 16.5. The number of hydrogen-bond acceptors (Lipinski definition) is 3. The number of hydrogen-bond donors (Lipinski definition) is 1. The van der Waals surface area contributed by atoms with E-state index in [2.05, 4.69) is 4.74 Å². The number of esters is 1. The molecule has 1 aliphatic rings. The van der Waals surface area contributed by atoms with Crippen molar-refractivity contribution in [1.82, 2.24) is 0 Å². The van der Waals surface area contributed by atoms with Crippen LogP contribution in [-0.4, -0.2) is 24.3 Å². The first-order valence-corrected chi connectivity index (χ1v) is 4.51. The van der Waals surface area contributed by atoms with Gasteiger partial charge in [0, 0.05) is 0 Å². The second kappa shape index (κ2) is 4.45. The first-order valence-electron chi connectivity index (χ1n) is 4.51. The van der Waals surface area contributed by atoms with Gasteiger partial charge in [0.25, 0.3) is 0 Å². The van der Waals surface area contributed by atoms with Gasteiger partial charge in [-0.05, 0) is 18.8 Å². The molecule has 3 heteroatoms. The zero-order chi connectivity index (χ0) is 8.97. The lowest BCUT2D eigenvalue weighted by molar-refractivity contribution is -0.154. The van der Waals surface area contributed by atoms with Gasteiger partial charge in [-0.3, -0.25) is 0 Å². The molecule has 0 bridgehead atoms. The quantitative estimate of drug-likeness (QED) is 0.634. The SMILES string of the molecule is COC(=O)[C@H](O)C1CCCCC1. The first kappa shape index (κ1) is 9.52. The Morgan fingerprint density at radius 2 is 2.00 bits per heavy atom. The van der Waals surface area contributed by atoms with Gasteiger partial charge in [0.05, 0.1) is 7.11 Å². The van der Waals surface area contributed by atoms with Crippen molar-refractivity contribution >= 4 is 5.97 Å². The summed E-state index contributed by atoms with van der Waals surface area (Å²) >= 11 is 0. The molecule has 1 saturated carbocycles. The zero-order valence-corrected chi connectivity index (χ0v) is 7.45. The van der Waals surface area contributed by atoms with Gasteiger partial charge in [-0.2, -0.15) is 0 Å². The summed E-state index contributed by atoms with van der Waals surface area (Å²) in [5, 5.41) is 9.47. The van der Waals surface area contributed by atoms with Crippen LogP contribution in [0.3, 0.4) is 0 Å². The lowest BCUT2D eigenvalue weighted by Gasteiger charge is -2.24. The van der Waals surface area contributed by atoms with Crippen molar-refractivity contribution in [1.29, 1.82) is 0 Å². The molecule has 1 aliphatic carbocycles. The second-order valence-corrected chi connectivity index (χ2v) is 3.37.